The molecule has 0 aromatic heterocycles. The van der Waals surface area contributed by atoms with Crippen molar-refractivity contribution >= 4 is 35.1 Å². The van der Waals surface area contributed by atoms with Gasteiger partial charge in [-0.1, -0.05) is 36.6 Å². The summed E-state index contributed by atoms with van der Waals surface area (Å²) in [5.74, 6) is -0.305. The highest BCUT2D eigenvalue weighted by Gasteiger charge is 2.48. The van der Waals surface area contributed by atoms with Gasteiger partial charge in [-0.15, -0.1) is 0 Å². The number of esters is 1. The Labute approximate surface area is 198 Å². The lowest BCUT2D eigenvalue weighted by atomic mass is 9.84. The highest BCUT2D eigenvalue weighted by molar-refractivity contribution is 6.33. The van der Waals surface area contributed by atoms with Crippen LogP contribution in [-0.2, 0) is 9.53 Å². The van der Waals surface area contributed by atoms with Crippen LogP contribution in [0, 0.1) is 5.92 Å². The zero-order valence-electron chi connectivity index (χ0n) is 18.7. The lowest BCUT2D eigenvalue weighted by Crippen LogP contribution is -2.48. The van der Waals surface area contributed by atoms with Crippen LogP contribution in [0.3, 0.4) is 0 Å². The van der Waals surface area contributed by atoms with E-state index in [-0.39, 0.29) is 34.4 Å². The van der Waals surface area contributed by atoms with Crippen molar-refractivity contribution in [1.29, 1.82) is 0 Å². The first-order valence-electron chi connectivity index (χ1n) is 11.1. The molecule has 1 aliphatic heterocycles. The molecule has 7 nitrogen and oxygen atoms in total. The number of nitrogens with zero attached hydrogens (tertiary/aromatic N) is 1. The van der Waals surface area contributed by atoms with Crippen LogP contribution < -0.4 is 10.1 Å². The van der Waals surface area contributed by atoms with Crippen molar-refractivity contribution in [3.8, 4) is 5.75 Å². The molecule has 1 aliphatic carbocycles. The molecule has 2 aliphatic rings. The second kappa shape index (κ2) is 9.83. The molecule has 8 heteroatoms. The highest BCUT2D eigenvalue weighted by Crippen LogP contribution is 2.41. The highest BCUT2D eigenvalue weighted by atomic mass is 35.5. The maximum Gasteiger partial charge on any atom is 0.339 e. The molecule has 3 atom stereocenters. The number of nitrogens with one attached hydrogen (secondary N) is 1. The summed E-state index contributed by atoms with van der Waals surface area (Å²) in [5, 5.41) is 3.11. The lowest BCUT2D eigenvalue weighted by molar-refractivity contribution is -0.120. The van der Waals surface area contributed by atoms with Crippen molar-refractivity contribution < 1.29 is 23.9 Å². The second-order valence-corrected chi connectivity index (χ2v) is 8.86. The first kappa shape index (κ1) is 23.1. The summed E-state index contributed by atoms with van der Waals surface area (Å²) in [6, 6.07) is 11.1. The lowest BCUT2D eigenvalue weighted by Gasteiger charge is -2.34. The van der Waals surface area contributed by atoms with Gasteiger partial charge in [0.1, 0.15) is 11.8 Å². The average Bonchev–Trinajstić information content (AvgIpc) is 3.24. The molecule has 33 heavy (non-hydrogen) atoms. The van der Waals surface area contributed by atoms with E-state index in [2.05, 4.69) is 5.32 Å². The third-order valence-corrected chi connectivity index (χ3v) is 6.93. The molecule has 1 saturated carbocycles. The van der Waals surface area contributed by atoms with Crippen molar-refractivity contribution in [1.82, 2.24) is 4.90 Å². The number of likely N-dealkylation sites (tertiary alicyclic amines) is 1. The summed E-state index contributed by atoms with van der Waals surface area (Å²) >= 11 is 6.10. The van der Waals surface area contributed by atoms with Gasteiger partial charge >= 0.3 is 5.97 Å². The Morgan fingerprint density at radius 3 is 2.55 bits per heavy atom. The number of hydrogen-bond acceptors (Lipinski definition) is 5. The molecule has 3 unspecified atom stereocenters. The first-order valence-corrected chi connectivity index (χ1v) is 11.5. The number of carbonyl (C=O) groups excluding carboxylic acids is 3. The maximum atomic E-state index is 13.7. The number of methoxy groups -OCH3 is 2. The fraction of sp³-hybridized carbons (Fsp3) is 0.400. The van der Waals surface area contributed by atoms with Crippen LogP contribution in [0.1, 0.15) is 52.8 Å². The summed E-state index contributed by atoms with van der Waals surface area (Å²) in [5.41, 5.74) is 1.03. The predicted molar refractivity (Wildman–Crippen MR) is 125 cm³/mol. The van der Waals surface area contributed by atoms with Gasteiger partial charge in [0, 0.05) is 11.7 Å². The number of para-hydroxylation sites is 1. The Bertz CT molecular complexity index is 1070. The van der Waals surface area contributed by atoms with Gasteiger partial charge in [0.2, 0.25) is 5.91 Å². The average molecular weight is 471 g/mol. The van der Waals surface area contributed by atoms with E-state index in [1.807, 2.05) is 6.07 Å². The number of anilines is 1. The van der Waals surface area contributed by atoms with Gasteiger partial charge in [-0.2, -0.15) is 0 Å². The standard InChI is InChI=1S/C25H27ClN2O5/c1-32-22-10-6-4-8-17(22)24(30)28-20-9-5-3-7-15(20)13-21(28)23(29)27-16-11-12-19(26)18(14-16)25(31)33-2/h4,6,8,10-12,14-15,20-21H,3,5,7,9,13H2,1-2H3,(H,27,29). The summed E-state index contributed by atoms with van der Waals surface area (Å²) in [6.45, 7) is 0. The Kier molecular flexibility index (Phi) is 6.88. The van der Waals surface area contributed by atoms with Gasteiger partial charge in [0.05, 0.1) is 30.4 Å². The van der Waals surface area contributed by atoms with Crippen molar-refractivity contribution in [2.75, 3.05) is 19.5 Å². The SMILES string of the molecule is COC(=O)c1cc(NC(=O)C2CC3CCCCC3N2C(=O)c2ccccc2OC)ccc1Cl. The Morgan fingerprint density at radius 2 is 1.79 bits per heavy atom. The summed E-state index contributed by atoms with van der Waals surface area (Å²) in [7, 11) is 2.80. The maximum absolute atomic E-state index is 13.7. The van der Waals surface area contributed by atoms with Crippen LogP contribution in [0.4, 0.5) is 5.69 Å². The Hall–Kier alpha value is -3.06. The fourth-order valence-electron chi connectivity index (χ4n) is 5.04. The summed E-state index contributed by atoms with van der Waals surface area (Å²) in [6.07, 6.45) is 4.62. The van der Waals surface area contributed by atoms with Crippen molar-refractivity contribution in [2.45, 2.75) is 44.2 Å². The van der Waals surface area contributed by atoms with Crippen molar-refractivity contribution in [3.05, 3.63) is 58.6 Å². The van der Waals surface area contributed by atoms with Crippen LogP contribution in [0.25, 0.3) is 0 Å². The van der Waals surface area contributed by atoms with E-state index in [0.29, 0.717) is 23.4 Å². The minimum absolute atomic E-state index is 0.0164. The van der Waals surface area contributed by atoms with Gasteiger partial charge in [-0.3, -0.25) is 9.59 Å². The van der Waals surface area contributed by atoms with Gasteiger partial charge in [0.25, 0.3) is 5.91 Å². The summed E-state index contributed by atoms with van der Waals surface area (Å²) in [4.78, 5) is 40.8. The minimum atomic E-state index is -0.618. The van der Waals surface area contributed by atoms with Crippen LogP contribution in [0.2, 0.25) is 5.02 Å². The summed E-state index contributed by atoms with van der Waals surface area (Å²) < 4.78 is 10.2. The number of hydrogen-bond donors (Lipinski definition) is 1. The molecule has 2 aromatic rings. The number of ether oxygens (including phenoxy) is 2. The zero-order chi connectivity index (χ0) is 23.5. The van der Waals surface area contributed by atoms with E-state index < -0.39 is 12.0 Å². The molecule has 0 spiro atoms. The van der Waals surface area contributed by atoms with Gasteiger partial charge in [-0.05, 0) is 55.5 Å². The largest absolute Gasteiger partial charge is 0.496 e. The quantitative estimate of drug-likeness (QED) is 0.648. The number of halogens is 1. The third kappa shape index (κ3) is 4.55. The number of amides is 2. The van der Waals surface area contributed by atoms with E-state index in [4.69, 9.17) is 21.1 Å². The fourth-order valence-corrected chi connectivity index (χ4v) is 5.24. The Morgan fingerprint density at radius 1 is 1.03 bits per heavy atom. The molecule has 1 saturated heterocycles. The molecule has 2 fully saturated rings. The molecule has 174 valence electrons. The third-order valence-electron chi connectivity index (χ3n) is 6.60. The normalized spacial score (nSPS) is 21.8. The molecule has 2 aromatic carbocycles. The van der Waals surface area contributed by atoms with Crippen LogP contribution >= 0.6 is 11.6 Å². The van der Waals surface area contributed by atoms with Gasteiger partial charge < -0.3 is 19.7 Å². The minimum Gasteiger partial charge on any atom is -0.496 e. The molecule has 1 N–H and O–H groups in total. The smallest absolute Gasteiger partial charge is 0.339 e. The number of rotatable bonds is 5. The molecule has 0 bridgehead atoms. The van der Waals surface area contributed by atoms with Crippen LogP contribution in [0.5, 0.6) is 5.75 Å². The first-order chi connectivity index (χ1) is 15.9. The molecular formula is C25H27ClN2O5. The molecule has 2 amide bonds. The molecule has 4 rings (SSSR count). The van der Waals surface area contributed by atoms with E-state index in [9.17, 15) is 14.4 Å². The van der Waals surface area contributed by atoms with Gasteiger partial charge in [-0.25, -0.2) is 4.79 Å². The molecular weight excluding hydrogens is 444 g/mol. The monoisotopic (exact) mass is 470 g/mol. The number of fused-ring (bicyclic) bond motifs is 1. The van der Waals surface area contributed by atoms with Crippen molar-refractivity contribution in [3.63, 3.8) is 0 Å². The molecule has 0 radical (unpaired) electrons. The molecule has 1 heterocycles. The van der Waals surface area contributed by atoms with Gasteiger partial charge in [0.15, 0.2) is 0 Å². The predicted octanol–water partition coefficient (Wildman–Crippen LogP) is 4.55. The van der Waals surface area contributed by atoms with Crippen LogP contribution in [0.15, 0.2) is 42.5 Å². The van der Waals surface area contributed by atoms with E-state index in [1.54, 1.807) is 29.2 Å². The van der Waals surface area contributed by atoms with E-state index >= 15 is 0 Å². The Balaban J connectivity index is 1.63. The van der Waals surface area contributed by atoms with Crippen LogP contribution in [-0.4, -0.2) is 49.0 Å². The topological polar surface area (TPSA) is 84.9 Å². The second-order valence-electron chi connectivity index (χ2n) is 8.45. The number of carbonyl (C=O) groups is 3. The number of benzene rings is 2. The van der Waals surface area contributed by atoms with E-state index in [1.165, 1.54) is 26.4 Å². The van der Waals surface area contributed by atoms with Crippen molar-refractivity contribution in [2.24, 2.45) is 5.92 Å². The zero-order valence-corrected chi connectivity index (χ0v) is 19.4. The van der Waals surface area contributed by atoms with E-state index in [0.717, 1.165) is 25.7 Å².